The molecule has 3 aliphatic heterocycles. The number of primary amides is 1. The quantitative estimate of drug-likeness (QED) is 0.126. The number of fused-ring (bicyclic) bond motifs is 3. The van der Waals surface area contributed by atoms with E-state index in [0.29, 0.717) is 18.4 Å². The number of nitrogens with two attached hydrogens (primary N) is 1. The van der Waals surface area contributed by atoms with Crippen LogP contribution in [0.4, 0.5) is 0 Å². The summed E-state index contributed by atoms with van der Waals surface area (Å²) in [5, 5.41) is 32.5. The number of aliphatic hydroxyl groups excluding tert-OH is 1. The van der Waals surface area contributed by atoms with E-state index >= 15 is 0 Å². The van der Waals surface area contributed by atoms with Gasteiger partial charge in [0, 0.05) is 38.8 Å². The number of hydrogen-bond donors (Lipinski definition) is 7. The molecule has 67 heavy (non-hydrogen) atoms. The molecule has 3 saturated heterocycles. The van der Waals surface area contributed by atoms with Gasteiger partial charge in [0.1, 0.15) is 60.4 Å². The van der Waals surface area contributed by atoms with Crippen LogP contribution in [-0.4, -0.2) is 146 Å². The second kappa shape index (κ2) is 23.8. The largest absolute Gasteiger partial charge is 0.508 e. The van der Waals surface area contributed by atoms with Crippen molar-refractivity contribution in [2.45, 2.75) is 168 Å². The van der Waals surface area contributed by atoms with Gasteiger partial charge in [0.05, 0.1) is 0 Å². The van der Waals surface area contributed by atoms with Crippen LogP contribution in [0.1, 0.15) is 112 Å². The minimum atomic E-state index is -1.59. The maximum absolute atomic E-state index is 14.9. The van der Waals surface area contributed by atoms with Crippen molar-refractivity contribution in [3.05, 3.63) is 29.8 Å². The number of carbonyl (C=O) groups is 9. The van der Waals surface area contributed by atoms with Gasteiger partial charge in [-0.1, -0.05) is 80.4 Å². The van der Waals surface area contributed by atoms with Crippen LogP contribution in [-0.2, 0) is 54.3 Å². The zero-order valence-corrected chi connectivity index (χ0v) is 40.3. The molecular weight excluding hydrogens is 869 g/mol. The van der Waals surface area contributed by atoms with Gasteiger partial charge in [0.15, 0.2) is 0 Å². The Morgan fingerprint density at radius 2 is 1.52 bits per heavy atom. The van der Waals surface area contributed by atoms with Gasteiger partial charge in [-0.3, -0.25) is 38.4 Å². The minimum absolute atomic E-state index is 0.00608. The van der Waals surface area contributed by atoms with Gasteiger partial charge >= 0.3 is 5.97 Å². The van der Waals surface area contributed by atoms with Gasteiger partial charge in [-0.05, 0) is 61.1 Å². The number of aliphatic hydroxyl groups is 1. The number of phenolic OH excluding ortho intramolecular Hbond substituents is 1. The number of nitrogens with one attached hydrogen (secondary N) is 4. The second-order valence-corrected chi connectivity index (χ2v) is 18.9. The molecule has 2 bridgehead atoms. The fourth-order valence-electron chi connectivity index (χ4n) is 8.96. The van der Waals surface area contributed by atoms with Crippen LogP contribution in [0, 0.1) is 23.7 Å². The number of aromatic hydroxyl groups is 1. The van der Waals surface area contributed by atoms with E-state index in [4.69, 9.17) is 10.5 Å². The molecule has 3 fully saturated rings. The average molecular weight is 941 g/mol. The molecule has 3 aliphatic rings. The minimum Gasteiger partial charge on any atom is -0.508 e. The lowest BCUT2D eigenvalue weighted by atomic mass is 9.91. The Hall–Kier alpha value is -5.79. The van der Waals surface area contributed by atoms with Crippen molar-refractivity contribution in [3.63, 3.8) is 0 Å². The third-order valence-electron chi connectivity index (χ3n) is 13.4. The molecule has 0 aromatic heterocycles. The number of piperidine rings is 1. The highest BCUT2D eigenvalue weighted by Gasteiger charge is 2.52. The normalized spacial score (nSPS) is 28.2. The van der Waals surface area contributed by atoms with Crippen molar-refractivity contribution in [2.24, 2.45) is 29.4 Å². The SMILES string of the molecule is CCC(=O)N[C@@H](CCC(N)=O)C(=O)N1CC(C)[C@@H]2OC(=O)[C@H]([C@@H](C)CC)NC(=O)[C@H](Cc3ccc(O)cc3)N(C)C(=O)[C@H]([C@@H](C)CC)N3C(=O)[C@H](CC[C@H]3O)NC(=O)[C@H](CC(C)C)NC(=O)[C@H]21. The summed E-state index contributed by atoms with van der Waals surface area (Å²) < 4.78 is 6.21. The first-order valence-electron chi connectivity index (χ1n) is 23.6. The third-order valence-corrected chi connectivity index (χ3v) is 13.4. The van der Waals surface area contributed by atoms with Crippen LogP contribution >= 0.6 is 0 Å². The third kappa shape index (κ3) is 13.2. The fourth-order valence-corrected chi connectivity index (χ4v) is 8.96. The number of amides is 8. The number of esters is 1. The number of benzene rings is 1. The number of likely N-dealkylation sites (tertiary alicyclic amines) is 1. The molecule has 0 saturated carbocycles. The number of carbonyl (C=O) groups excluding carboxylic acids is 9. The molecule has 3 heterocycles. The van der Waals surface area contributed by atoms with Gasteiger partial charge in [0.2, 0.25) is 47.3 Å². The first kappa shape index (κ1) is 53.8. The molecule has 20 nitrogen and oxygen atoms in total. The number of nitrogens with zero attached hydrogens (tertiary/aromatic N) is 3. The number of hydrogen-bond acceptors (Lipinski definition) is 12. The Labute approximate surface area is 392 Å². The maximum atomic E-state index is 14.9. The van der Waals surface area contributed by atoms with Crippen molar-refractivity contribution < 1.29 is 58.1 Å². The van der Waals surface area contributed by atoms with Crippen molar-refractivity contribution in [1.29, 1.82) is 0 Å². The highest BCUT2D eigenvalue weighted by Crippen LogP contribution is 2.31. The maximum Gasteiger partial charge on any atom is 0.329 e. The van der Waals surface area contributed by atoms with Crippen molar-refractivity contribution in [3.8, 4) is 5.75 Å². The lowest BCUT2D eigenvalue weighted by Crippen LogP contribution is -2.66. The first-order chi connectivity index (χ1) is 31.5. The van der Waals surface area contributed by atoms with Crippen LogP contribution in [0.2, 0.25) is 0 Å². The highest BCUT2D eigenvalue weighted by molar-refractivity contribution is 5.99. The molecule has 372 valence electrons. The Morgan fingerprint density at radius 3 is 2.10 bits per heavy atom. The van der Waals surface area contributed by atoms with Gasteiger partial charge in [-0.25, -0.2) is 4.79 Å². The zero-order valence-electron chi connectivity index (χ0n) is 40.3. The number of likely N-dealkylation sites (N-methyl/N-ethyl adjacent to an activating group) is 1. The molecule has 8 N–H and O–H groups in total. The van der Waals surface area contributed by atoms with Crippen molar-refractivity contribution in [2.75, 3.05) is 13.6 Å². The zero-order chi connectivity index (χ0) is 50.0. The molecule has 0 aliphatic carbocycles. The van der Waals surface area contributed by atoms with E-state index in [0.717, 1.165) is 9.80 Å². The molecule has 0 radical (unpaired) electrons. The lowest BCUT2D eigenvalue weighted by Gasteiger charge is -2.44. The van der Waals surface area contributed by atoms with Crippen LogP contribution in [0.3, 0.4) is 0 Å². The summed E-state index contributed by atoms with van der Waals surface area (Å²) in [5.74, 6) is -8.95. The van der Waals surface area contributed by atoms with E-state index in [9.17, 15) is 53.4 Å². The number of rotatable bonds is 14. The summed E-state index contributed by atoms with van der Waals surface area (Å²) in [6.07, 6.45) is -2.68. The molecule has 1 unspecified atom stereocenters. The highest BCUT2D eigenvalue weighted by atomic mass is 16.5. The topological polar surface area (TPSA) is 287 Å². The Balaban J connectivity index is 1.93. The summed E-state index contributed by atoms with van der Waals surface area (Å²) in [6, 6.07) is -3.47. The predicted molar refractivity (Wildman–Crippen MR) is 244 cm³/mol. The molecule has 1 aromatic carbocycles. The van der Waals surface area contributed by atoms with Gasteiger partial charge in [-0.15, -0.1) is 0 Å². The molecule has 0 spiro atoms. The number of ether oxygens (including phenoxy) is 1. The van der Waals surface area contributed by atoms with Gasteiger partial charge in [-0.2, -0.15) is 0 Å². The Kier molecular flexibility index (Phi) is 19.1. The van der Waals surface area contributed by atoms with Crippen LogP contribution in [0.15, 0.2) is 24.3 Å². The van der Waals surface area contributed by atoms with E-state index in [2.05, 4.69) is 21.3 Å². The van der Waals surface area contributed by atoms with E-state index in [1.807, 2.05) is 20.8 Å². The summed E-state index contributed by atoms with van der Waals surface area (Å²) in [7, 11) is 1.39. The first-order valence-corrected chi connectivity index (χ1v) is 23.6. The Bertz CT molecular complexity index is 1980. The van der Waals surface area contributed by atoms with E-state index in [1.54, 1.807) is 46.8 Å². The predicted octanol–water partition coefficient (Wildman–Crippen LogP) is 0.596. The van der Waals surface area contributed by atoms with E-state index in [1.165, 1.54) is 24.1 Å². The van der Waals surface area contributed by atoms with Gasteiger partial charge in [0.25, 0.3) is 0 Å². The summed E-state index contributed by atoms with van der Waals surface area (Å²) in [4.78, 5) is 131. The molecule has 1 aromatic rings. The van der Waals surface area contributed by atoms with Gasteiger partial charge < -0.3 is 56.7 Å². The van der Waals surface area contributed by atoms with Crippen molar-refractivity contribution >= 4 is 53.2 Å². The molecule has 4 rings (SSSR count). The lowest BCUT2D eigenvalue weighted by molar-refractivity contribution is -0.168. The summed E-state index contributed by atoms with van der Waals surface area (Å²) in [5.41, 5.74) is 5.96. The van der Waals surface area contributed by atoms with Crippen LogP contribution in [0.5, 0.6) is 5.75 Å². The monoisotopic (exact) mass is 941 g/mol. The number of phenols is 1. The molecule has 12 atom stereocenters. The van der Waals surface area contributed by atoms with Crippen molar-refractivity contribution in [1.82, 2.24) is 36.0 Å². The standard InChI is InChI=1S/C47H72N8O12/c1-10-25(6)37-47(66)67-40-27(8)23-54(44(63)30(17-19-34(48)57)49-35(58)12-3)39(40)43(62)51-32(21-24(4)5)41(60)50-31-18-20-36(59)55(45(31)64)38(26(7)11-2)46(65)53(9)33(42(61)52-37)22-28-13-15-29(56)16-14-28/h13-16,24-27,30-33,36-40,56,59H,10-12,17-23H2,1-9H3,(H2,48,57)(H,49,58)(H,50,60)(H,51,62)(H,52,61)/t25-,26-,27?,30-,31-,32-,33-,36+,37-,38-,39-,40-/m0/s1. The Morgan fingerprint density at radius 1 is 0.881 bits per heavy atom. The van der Waals surface area contributed by atoms with E-state index in [-0.39, 0.29) is 63.2 Å². The van der Waals surface area contributed by atoms with Crippen LogP contribution < -0.4 is 27.0 Å². The molecular formula is C47H72N8O12. The smallest absolute Gasteiger partial charge is 0.329 e. The van der Waals surface area contributed by atoms with Crippen LogP contribution in [0.25, 0.3) is 0 Å². The average Bonchev–Trinajstić information content (AvgIpc) is 3.61. The molecule has 8 amide bonds. The summed E-state index contributed by atoms with van der Waals surface area (Å²) >= 11 is 0. The molecule has 20 heteroatoms. The summed E-state index contributed by atoms with van der Waals surface area (Å²) in [6.45, 7) is 13.7. The van der Waals surface area contributed by atoms with E-state index < -0.39 is 126 Å². The second-order valence-electron chi connectivity index (χ2n) is 18.9. The fraction of sp³-hybridized carbons (Fsp3) is 0.681.